The summed E-state index contributed by atoms with van der Waals surface area (Å²) in [6.07, 6.45) is 7.61. The molecule has 2 nitrogen and oxygen atoms in total. The SMILES string of the molecule is CCCCC1NCC2C(=O)C=CC12. The maximum absolute atomic E-state index is 11.3. The van der Waals surface area contributed by atoms with Gasteiger partial charge in [0.15, 0.2) is 5.78 Å². The molecule has 0 saturated carbocycles. The molecule has 13 heavy (non-hydrogen) atoms. The van der Waals surface area contributed by atoms with Gasteiger partial charge in [-0.25, -0.2) is 0 Å². The molecule has 2 aliphatic rings. The van der Waals surface area contributed by atoms with Crippen LogP contribution in [0, 0.1) is 11.8 Å². The molecule has 1 saturated heterocycles. The number of fused-ring (bicyclic) bond motifs is 1. The van der Waals surface area contributed by atoms with Gasteiger partial charge in [0.1, 0.15) is 0 Å². The Balaban J connectivity index is 1.95. The lowest BCUT2D eigenvalue weighted by Crippen LogP contribution is -2.25. The van der Waals surface area contributed by atoms with Crippen molar-refractivity contribution < 1.29 is 4.79 Å². The van der Waals surface area contributed by atoms with Crippen LogP contribution >= 0.6 is 0 Å². The first-order valence-corrected chi connectivity index (χ1v) is 5.28. The lowest BCUT2D eigenvalue weighted by molar-refractivity contribution is -0.117. The predicted octanol–water partition coefficient (Wildman–Crippen LogP) is 1.52. The fourth-order valence-corrected chi connectivity index (χ4v) is 2.44. The Hall–Kier alpha value is -0.630. The minimum absolute atomic E-state index is 0.266. The first kappa shape index (κ1) is 8.95. The molecule has 0 bridgehead atoms. The van der Waals surface area contributed by atoms with Gasteiger partial charge in [-0.15, -0.1) is 0 Å². The zero-order valence-corrected chi connectivity index (χ0v) is 8.12. The van der Waals surface area contributed by atoms with Gasteiger partial charge < -0.3 is 5.32 Å². The van der Waals surface area contributed by atoms with E-state index in [9.17, 15) is 4.79 Å². The Morgan fingerprint density at radius 3 is 3.23 bits per heavy atom. The van der Waals surface area contributed by atoms with Crippen molar-refractivity contribution in [1.82, 2.24) is 5.32 Å². The summed E-state index contributed by atoms with van der Waals surface area (Å²) in [5.41, 5.74) is 0. The highest BCUT2D eigenvalue weighted by Crippen LogP contribution is 2.32. The van der Waals surface area contributed by atoms with Crippen LogP contribution in [-0.4, -0.2) is 18.4 Å². The molecule has 2 rings (SSSR count). The van der Waals surface area contributed by atoms with Crippen molar-refractivity contribution in [3.8, 4) is 0 Å². The quantitative estimate of drug-likeness (QED) is 0.711. The van der Waals surface area contributed by atoms with E-state index >= 15 is 0 Å². The molecule has 1 fully saturated rings. The molecule has 1 aliphatic carbocycles. The molecule has 1 N–H and O–H groups in total. The molecule has 0 aromatic heterocycles. The van der Waals surface area contributed by atoms with Crippen LogP contribution in [0.2, 0.25) is 0 Å². The number of unbranched alkanes of at least 4 members (excludes halogenated alkanes) is 1. The van der Waals surface area contributed by atoms with Gasteiger partial charge in [-0.1, -0.05) is 25.8 Å². The van der Waals surface area contributed by atoms with Crippen LogP contribution in [0.15, 0.2) is 12.2 Å². The average molecular weight is 179 g/mol. The van der Waals surface area contributed by atoms with Crippen molar-refractivity contribution in [2.75, 3.05) is 6.54 Å². The van der Waals surface area contributed by atoms with E-state index in [0.717, 1.165) is 6.54 Å². The third-order valence-corrected chi connectivity index (χ3v) is 3.25. The van der Waals surface area contributed by atoms with Gasteiger partial charge in [-0.3, -0.25) is 4.79 Å². The second kappa shape index (κ2) is 3.62. The van der Waals surface area contributed by atoms with Crippen LogP contribution in [-0.2, 0) is 4.79 Å². The van der Waals surface area contributed by atoms with Crippen LogP contribution in [0.3, 0.4) is 0 Å². The van der Waals surface area contributed by atoms with Crippen molar-refractivity contribution in [3.05, 3.63) is 12.2 Å². The van der Waals surface area contributed by atoms with Crippen LogP contribution < -0.4 is 5.32 Å². The molecular weight excluding hydrogens is 162 g/mol. The Kier molecular flexibility index (Phi) is 2.49. The summed E-state index contributed by atoms with van der Waals surface area (Å²) >= 11 is 0. The third-order valence-electron chi connectivity index (χ3n) is 3.25. The molecule has 2 heteroatoms. The fraction of sp³-hybridized carbons (Fsp3) is 0.727. The Bertz CT molecular complexity index is 234. The maximum atomic E-state index is 11.3. The Morgan fingerprint density at radius 2 is 2.46 bits per heavy atom. The number of ketones is 1. The first-order valence-electron chi connectivity index (χ1n) is 5.28. The van der Waals surface area contributed by atoms with E-state index in [1.165, 1.54) is 19.3 Å². The average Bonchev–Trinajstić information content (AvgIpc) is 2.67. The zero-order chi connectivity index (χ0) is 9.26. The van der Waals surface area contributed by atoms with Gasteiger partial charge in [-0.2, -0.15) is 0 Å². The fourth-order valence-electron chi connectivity index (χ4n) is 2.44. The third kappa shape index (κ3) is 1.55. The smallest absolute Gasteiger partial charge is 0.160 e. The standard InChI is InChI=1S/C11H17NO/c1-2-3-4-10-8-5-6-11(13)9(8)7-12-10/h5-6,8-10,12H,2-4,7H2,1H3. The molecule has 0 aromatic carbocycles. The second-order valence-corrected chi connectivity index (χ2v) is 4.10. The molecular formula is C11H17NO. The number of carbonyl (C=O) groups excluding carboxylic acids is 1. The van der Waals surface area contributed by atoms with E-state index < -0.39 is 0 Å². The van der Waals surface area contributed by atoms with Crippen molar-refractivity contribution in [2.24, 2.45) is 11.8 Å². The maximum Gasteiger partial charge on any atom is 0.160 e. The zero-order valence-electron chi connectivity index (χ0n) is 8.12. The lowest BCUT2D eigenvalue weighted by Gasteiger charge is -2.15. The molecule has 0 radical (unpaired) electrons. The summed E-state index contributed by atoms with van der Waals surface area (Å²) < 4.78 is 0. The van der Waals surface area contributed by atoms with E-state index in [0.29, 0.717) is 17.7 Å². The largest absolute Gasteiger partial charge is 0.313 e. The Labute approximate surface area is 79.4 Å². The highest BCUT2D eigenvalue weighted by atomic mass is 16.1. The minimum atomic E-state index is 0.266. The van der Waals surface area contributed by atoms with E-state index in [-0.39, 0.29) is 5.92 Å². The summed E-state index contributed by atoms with van der Waals surface area (Å²) in [4.78, 5) is 11.3. The summed E-state index contributed by atoms with van der Waals surface area (Å²) in [6, 6.07) is 0.563. The highest BCUT2D eigenvalue weighted by molar-refractivity contribution is 5.95. The van der Waals surface area contributed by atoms with Gasteiger partial charge in [-0.05, 0) is 12.5 Å². The van der Waals surface area contributed by atoms with E-state index in [1.807, 2.05) is 0 Å². The monoisotopic (exact) mass is 179 g/mol. The van der Waals surface area contributed by atoms with E-state index in [2.05, 4.69) is 18.3 Å². The van der Waals surface area contributed by atoms with Gasteiger partial charge in [0.05, 0.1) is 0 Å². The number of hydrogen-bond acceptors (Lipinski definition) is 2. The molecule has 0 spiro atoms. The highest BCUT2D eigenvalue weighted by Gasteiger charge is 2.40. The number of rotatable bonds is 3. The van der Waals surface area contributed by atoms with Crippen molar-refractivity contribution in [1.29, 1.82) is 0 Å². The number of nitrogens with one attached hydrogen (secondary N) is 1. The van der Waals surface area contributed by atoms with Crippen LogP contribution in [0.25, 0.3) is 0 Å². The van der Waals surface area contributed by atoms with Crippen molar-refractivity contribution >= 4 is 5.78 Å². The summed E-state index contributed by atoms with van der Waals surface area (Å²) in [5, 5.41) is 3.45. The van der Waals surface area contributed by atoms with Crippen molar-refractivity contribution in [3.63, 3.8) is 0 Å². The molecule has 1 aliphatic heterocycles. The molecule has 1 heterocycles. The molecule has 0 aromatic rings. The molecule has 3 unspecified atom stereocenters. The van der Waals surface area contributed by atoms with Gasteiger partial charge in [0.25, 0.3) is 0 Å². The predicted molar refractivity (Wildman–Crippen MR) is 52.4 cm³/mol. The normalized spacial score (nSPS) is 37.0. The summed E-state index contributed by atoms with van der Waals surface area (Å²) in [7, 11) is 0. The Morgan fingerprint density at radius 1 is 1.62 bits per heavy atom. The lowest BCUT2D eigenvalue weighted by atomic mass is 9.91. The van der Waals surface area contributed by atoms with E-state index in [1.54, 1.807) is 6.08 Å². The topological polar surface area (TPSA) is 29.1 Å². The minimum Gasteiger partial charge on any atom is -0.313 e. The van der Waals surface area contributed by atoms with Crippen LogP contribution in [0.1, 0.15) is 26.2 Å². The van der Waals surface area contributed by atoms with Crippen molar-refractivity contribution in [2.45, 2.75) is 32.2 Å². The van der Waals surface area contributed by atoms with Crippen LogP contribution in [0.5, 0.6) is 0 Å². The van der Waals surface area contributed by atoms with Gasteiger partial charge in [0, 0.05) is 24.4 Å². The number of carbonyl (C=O) groups is 1. The van der Waals surface area contributed by atoms with Gasteiger partial charge >= 0.3 is 0 Å². The number of hydrogen-bond donors (Lipinski definition) is 1. The second-order valence-electron chi connectivity index (χ2n) is 4.10. The summed E-state index contributed by atoms with van der Waals surface area (Å²) in [6.45, 7) is 3.10. The first-order chi connectivity index (χ1) is 6.33. The molecule has 72 valence electrons. The van der Waals surface area contributed by atoms with E-state index in [4.69, 9.17) is 0 Å². The molecule has 0 amide bonds. The molecule has 3 atom stereocenters. The summed E-state index contributed by atoms with van der Waals surface area (Å²) in [5.74, 6) is 1.09. The van der Waals surface area contributed by atoms with Gasteiger partial charge in [0.2, 0.25) is 0 Å². The number of allylic oxidation sites excluding steroid dienone is 1. The van der Waals surface area contributed by atoms with Crippen LogP contribution in [0.4, 0.5) is 0 Å².